The van der Waals surface area contributed by atoms with Gasteiger partial charge in [-0.3, -0.25) is 15.6 Å². The molecule has 164 valence electrons. The molecular weight excluding hydrogens is 400 g/mol. The Morgan fingerprint density at radius 3 is 1.81 bits per heavy atom. The quantitative estimate of drug-likeness (QED) is 0.354. The molecule has 31 heavy (non-hydrogen) atoms. The van der Waals surface area contributed by atoms with Gasteiger partial charge in [0.25, 0.3) is 0 Å². The minimum Gasteiger partial charge on any atom is -0.444 e. The van der Waals surface area contributed by atoms with Crippen molar-refractivity contribution in [2.24, 2.45) is 4.99 Å². The number of nitrogens with zero attached hydrogens (tertiary/aromatic N) is 1. The lowest BCUT2D eigenvalue weighted by molar-refractivity contribution is 0.141. The van der Waals surface area contributed by atoms with Crippen LogP contribution in [0.3, 0.4) is 0 Å². The molecule has 0 radical (unpaired) electrons. The van der Waals surface area contributed by atoms with Gasteiger partial charge >= 0.3 is 18.2 Å². The van der Waals surface area contributed by atoms with E-state index in [0.717, 1.165) is 24.0 Å². The topological polar surface area (TPSA) is 118 Å². The number of rotatable bonds is 7. The van der Waals surface area contributed by atoms with E-state index in [4.69, 9.17) is 9.47 Å². The number of carbonyl (C=O) groups is 3. The van der Waals surface area contributed by atoms with E-state index < -0.39 is 18.2 Å². The van der Waals surface area contributed by atoms with Crippen LogP contribution in [0.1, 0.15) is 30.9 Å². The number of imide groups is 1. The predicted octanol–water partition coefficient (Wildman–Crippen LogP) is 3.70. The van der Waals surface area contributed by atoms with Crippen LogP contribution in [-0.2, 0) is 22.7 Å². The zero-order valence-electron chi connectivity index (χ0n) is 17.3. The smallest absolute Gasteiger partial charge is 0.415 e. The summed E-state index contributed by atoms with van der Waals surface area (Å²) in [5.74, 6) is -0.125. The summed E-state index contributed by atoms with van der Waals surface area (Å²) in [4.78, 5) is 40.1. The number of nitrogens with one attached hydrogen (secondary N) is 3. The molecule has 0 bridgehead atoms. The third-order valence-electron chi connectivity index (χ3n) is 3.88. The Kier molecular flexibility index (Phi) is 10.1. The fourth-order valence-corrected chi connectivity index (χ4v) is 2.31. The lowest BCUT2D eigenvalue weighted by Gasteiger charge is -2.12. The van der Waals surface area contributed by atoms with Gasteiger partial charge in [0.15, 0.2) is 0 Å². The van der Waals surface area contributed by atoms with E-state index in [2.05, 4.69) is 15.6 Å². The van der Waals surface area contributed by atoms with Crippen molar-refractivity contribution in [3.05, 3.63) is 71.8 Å². The van der Waals surface area contributed by atoms with E-state index in [1.54, 1.807) is 12.1 Å². The number of unbranched alkanes of at least 4 members (excludes halogenated alkanes) is 1. The molecule has 0 aliphatic carbocycles. The van der Waals surface area contributed by atoms with Gasteiger partial charge < -0.3 is 9.47 Å². The number of hydrogen-bond donors (Lipinski definition) is 3. The van der Waals surface area contributed by atoms with E-state index in [9.17, 15) is 14.4 Å². The average Bonchev–Trinajstić information content (AvgIpc) is 2.78. The second-order valence-electron chi connectivity index (χ2n) is 6.41. The number of ether oxygens (including phenoxy) is 2. The van der Waals surface area contributed by atoms with Crippen molar-refractivity contribution in [2.75, 3.05) is 6.54 Å². The van der Waals surface area contributed by atoms with E-state index in [-0.39, 0.29) is 19.2 Å². The van der Waals surface area contributed by atoms with Crippen molar-refractivity contribution in [1.29, 1.82) is 0 Å². The lowest BCUT2D eigenvalue weighted by Crippen LogP contribution is -2.49. The van der Waals surface area contributed by atoms with Gasteiger partial charge in [0.2, 0.25) is 5.96 Å². The molecule has 4 amide bonds. The molecule has 0 fully saturated rings. The second-order valence-corrected chi connectivity index (χ2v) is 6.41. The molecule has 0 aliphatic rings. The minimum atomic E-state index is -0.930. The molecule has 0 heterocycles. The number of benzene rings is 2. The maximum atomic E-state index is 12.1. The number of aliphatic imine (C=N–C) groups is 1. The van der Waals surface area contributed by atoms with Gasteiger partial charge in [-0.05, 0) is 17.5 Å². The molecule has 0 atom stereocenters. The Bertz CT molecular complexity index is 872. The third kappa shape index (κ3) is 9.93. The van der Waals surface area contributed by atoms with Gasteiger partial charge in [0.1, 0.15) is 13.2 Å². The fourth-order valence-electron chi connectivity index (χ4n) is 2.31. The summed E-state index contributed by atoms with van der Waals surface area (Å²) in [5.41, 5.74) is 1.59. The molecule has 0 spiro atoms. The number of amides is 4. The van der Waals surface area contributed by atoms with Crippen LogP contribution in [0.25, 0.3) is 0 Å². The van der Waals surface area contributed by atoms with Gasteiger partial charge in [-0.1, -0.05) is 74.0 Å². The van der Waals surface area contributed by atoms with Gasteiger partial charge in [-0.15, -0.1) is 0 Å². The summed E-state index contributed by atoms with van der Waals surface area (Å²) < 4.78 is 10.1. The molecule has 0 aliphatic heterocycles. The molecule has 0 saturated heterocycles. The van der Waals surface area contributed by atoms with Crippen LogP contribution in [0.2, 0.25) is 0 Å². The fraction of sp³-hybridized carbons (Fsp3) is 0.273. The maximum absolute atomic E-state index is 12.1. The third-order valence-corrected chi connectivity index (χ3v) is 3.88. The van der Waals surface area contributed by atoms with Crippen molar-refractivity contribution < 1.29 is 23.9 Å². The molecule has 0 saturated carbocycles. The zero-order valence-corrected chi connectivity index (χ0v) is 17.3. The van der Waals surface area contributed by atoms with E-state index in [1.165, 1.54) is 0 Å². The van der Waals surface area contributed by atoms with Crippen molar-refractivity contribution >= 4 is 24.2 Å². The summed E-state index contributed by atoms with van der Waals surface area (Å²) in [5, 5.41) is 6.71. The van der Waals surface area contributed by atoms with Crippen molar-refractivity contribution in [3.8, 4) is 0 Å². The summed E-state index contributed by atoms with van der Waals surface area (Å²) in [7, 11) is 0. The molecule has 2 rings (SSSR count). The number of carbonyl (C=O) groups excluding carboxylic acids is 3. The Hall–Kier alpha value is -3.88. The number of guanidine groups is 1. The first-order valence-corrected chi connectivity index (χ1v) is 9.87. The first-order chi connectivity index (χ1) is 15.1. The van der Waals surface area contributed by atoms with E-state index >= 15 is 0 Å². The average molecular weight is 426 g/mol. The monoisotopic (exact) mass is 426 g/mol. The summed E-state index contributed by atoms with van der Waals surface area (Å²) in [6, 6.07) is 17.3. The summed E-state index contributed by atoms with van der Waals surface area (Å²) >= 11 is 0. The summed E-state index contributed by atoms with van der Waals surface area (Å²) in [6.07, 6.45) is -0.0770. The first-order valence-electron chi connectivity index (χ1n) is 9.87. The number of alkyl carbamates (subject to hydrolysis) is 2. The Balaban J connectivity index is 1.82. The van der Waals surface area contributed by atoms with Gasteiger partial charge in [0, 0.05) is 6.54 Å². The molecule has 3 N–H and O–H groups in total. The van der Waals surface area contributed by atoms with Crippen LogP contribution in [0.4, 0.5) is 14.4 Å². The van der Waals surface area contributed by atoms with Crippen LogP contribution in [-0.4, -0.2) is 30.7 Å². The highest BCUT2D eigenvalue weighted by Gasteiger charge is 2.14. The molecule has 9 heteroatoms. The van der Waals surface area contributed by atoms with Gasteiger partial charge in [-0.2, -0.15) is 0 Å². The van der Waals surface area contributed by atoms with Gasteiger partial charge in [0.05, 0.1) is 0 Å². The zero-order chi connectivity index (χ0) is 22.3. The largest absolute Gasteiger partial charge is 0.444 e. The highest BCUT2D eigenvalue weighted by atomic mass is 16.6. The van der Waals surface area contributed by atoms with Crippen LogP contribution in [0, 0.1) is 0 Å². The lowest BCUT2D eigenvalue weighted by atomic mass is 10.2. The van der Waals surface area contributed by atoms with Crippen molar-refractivity contribution in [1.82, 2.24) is 16.0 Å². The first kappa shape index (κ1) is 23.4. The maximum Gasteiger partial charge on any atom is 0.415 e. The Morgan fingerprint density at radius 2 is 1.29 bits per heavy atom. The van der Waals surface area contributed by atoms with Crippen molar-refractivity contribution in [2.45, 2.75) is 33.0 Å². The van der Waals surface area contributed by atoms with Crippen LogP contribution in [0.15, 0.2) is 65.7 Å². The normalized spacial score (nSPS) is 10.7. The second kappa shape index (κ2) is 13.4. The van der Waals surface area contributed by atoms with Crippen LogP contribution >= 0.6 is 0 Å². The molecule has 9 nitrogen and oxygen atoms in total. The predicted molar refractivity (Wildman–Crippen MR) is 115 cm³/mol. The Morgan fingerprint density at radius 1 is 0.774 bits per heavy atom. The minimum absolute atomic E-state index is 0.0153. The standard InChI is InChI=1S/C22H26N4O5/c1-2-3-14-23-19(25-21(28)30-15-17-10-6-4-7-11-17)24-20(27)26-22(29)31-16-18-12-8-5-9-13-18/h4-13H,2-3,14-16H2,1H3,(H3,23,24,25,26,27,28,29). The SMILES string of the molecule is CCCCN=C(NC(=O)NC(=O)OCc1ccccc1)NC(=O)OCc1ccccc1. The van der Waals surface area contributed by atoms with E-state index in [1.807, 2.05) is 60.8 Å². The van der Waals surface area contributed by atoms with Gasteiger partial charge in [-0.25, -0.2) is 19.7 Å². The molecule has 2 aromatic carbocycles. The van der Waals surface area contributed by atoms with Crippen molar-refractivity contribution in [3.63, 3.8) is 0 Å². The van der Waals surface area contributed by atoms with Crippen LogP contribution in [0.5, 0.6) is 0 Å². The number of urea groups is 1. The molecule has 2 aromatic rings. The van der Waals surface area contributed by atoms with E-state index in [0.29, 0.717) is 6.54 Å². The molecular formula is C22H26N4O5. The summed E-state index contributed by atoms with van der Waals surface area (Å²) in [6.45, 7) is 2.44. The molecule has 0 unspecified atom stereocenters. The number of hydrogen-bond acceptors (Lipinski definition) is 6. The highest BCUT2D eigenvalue weighted by Crippen LogP contribution is 2.01. The Labute approximate surface area is 180 Å². The molecule has 0 aromatic heterocycles. The highest BCUT2D eigenvalue weighted by molar-refractivity contribution is 6.05. The van der Waals surface area contributed by atoms with Crippen LogP contribution < -0.4 is 16.0 Å².